The fourth-order valence-electron chi connectivity index (χ4n) is 3.63. The average Bonchev–Trinajstić information content (AvgIpc) is 2.94. The van der Waals surface area contributed by atoms with Crippen LogP contribution in [0.15, 0.2) is 48.5 Å². The van der Waals surface area contributed by atoms with Crippen LogP contribution in [-0.2, 0) is 6.42 Å². The number of hydrogen-bond donors (Lipinski definition) is 1. The Balaban J connectivity index is 1.86. The Morgan fingerprint density at radius 1 is 1.14 bits per heavy atom. The summed E-state index contributed by atoms with van der Waals surface area (Å²) in [4.78, 5) is 2.50. The summed E-state index contributed by atoms with van der Waals surface area (Å²) in [6, 6.07) is 17.4. The van der Waals surface area contributed by atoms with Gasteiger partial charge in [0.2, 0.25) is 0 Å². The van der Waals surface area contributed by atoms with Gasteiger partial charge in [-0.15, -0.1) is 0 Å². The van der Waals surface area contributed by atoms with Crippen LogP contribution in [0.4, 0.5) is 0 Å². The van der Waals surface area contributed by atoms with Crippen LogP contribution < -0.4 is 0 Å². The van der Waals surface area contributed by atoms with Crippen molar-refractivity contribution in [1.29, 1.82) is 0 Å². The average molecular weight is 281 g/mol. The largest absolute Gasteiger partial charge is 0.508 e. The molecule has 2 aromatic carbocycles. The van der Waals surface area contributed by atoms with E-state index in [-0.39, 0.29) is 0 Å². The van der Waals surface area contributed by atoms with E-state index >= 15 is 0 Å². The van der Waals surface area contributed by atoms with E-state index in [1.54, 1.807) is 12.1 Å². The molecule has 2 heteroatoms. The van der Waals surface area contributed by atoms with Gasteiger partial charge in [0.1, 0.15) is 5.75 Å². The number of benzene rings is 2. The minimum atomic E-state index is 0.336. The van der Waals surface area contributed by atoms with Gasteiger partial charge in [0, 0.05) is 12.1 Å². The molecule has 0 saturated carbocycles. The SMILES string of the molecule is CCC(c1ccc(O)cc1)N(C)C1CCc2ccccc21. The van der Waals surface area contributed by atoms with Crippen LogP contribution in [0.5, 0.6) is 5.75 Å². The van der Waals surface area contributed by atoms with Crippen molar-refractivity contribution in [3.05, 3.63) is 65.2 Å². The van der Waals surface area contributed by atoms with Crippen molar-refractivity contribution in [3.63, 3.8) is 0 Å². The number of rotatable bonds is 4. The van der Waals surface area contributed by atoms with E-state index in [9.17, 15) is 5.11 Å². The second-order valence-electron chi connectivity index (χ2n) is 5.93. The summed E-state index contributed by atoms with van der Waals surface area (Å²) in [6.07, 6.45) is 3.45. The highest BCUT2D eigenvalue weighted by molar-refractivity contribution is 5.35. The molecule has 0 aliphatic heterocycles. The Morgan fingerprint density at radius 2 is 1.86 bits per heavy atom. The molecule has 1 aliphatic carbocycles. The first kappa shape index (κ1) is 14.2. The van der Waals surface area contributed by atoms with Gasteiger partial charge in [0.05, 0.1) is 0 Å². The normalized spacial score (nSPS) is 18.7. The standard InChI is InChI=1S/C19H23NO/c1-3-18(15-8-11-16(21)12-9-15)20(2)19-13-10-14-6-4-5-7-17(14)19/h4-9,11-12,18-19,21H,3,10,13H2,1-2H3. The molecule has 2 atom stereocenters. The lowest BCUT2D eigenvalue weighted by atomic mass is 9.99. The van der Waals surface area contributed by atoms with E-state index in [1.807, 2.05) is 12.1 Å². The number of phenols is 1. The van der Waals surface area contributed by atoms with E-state index < -0.39 is 0 Å². The lowest BCUT2D eigenvalue weighted by molar-refractivity contribution is 0.168. The van der Waals surface area contributed by atoms with Crippen LogP contribution in [-0.4, -0.2) is 17.1 Å². The van der Waals surface area contributed by atoms with Gasteiger partial charge in [-0.3, -0.25) is 4.90 Å². The van der Waals surface area contributed by atoms with Gasteiger partial charge in [0.25, 0.3) is 0 Å². The highest BCUT2D eigenvalue weighted by Crippen LogP contribution is 2.39. The third-order valence-electron chi connectivity index (χ3n) is 4.75. The summed E-state index contributed by atoms with van der Waals surface area (Å²) >= 11 is 0. The maximum absolute atomic E-state index is 9.48. The Labute approximate surface area is 127 Å². The molecule has 1 aliphatic rings. The van der Waals surface area contributed by atoms with Gasteiger partial charge in [-0.25, -0.2) is 0 Å². The number of aryl methyl sites for hydroxylation is 1. The molecule has 0 radical (unpaired) electrons. The maximum Gasteiger partial charge on any atom is 0.115 e. The van der Waals surface area contributed by atoms with Crippen LogP contribution in [0.25, 0.3) is 0 Å². The summed E-state index contributed by atoms with van der Waals surface area (Å²) in [6.45, 7) is 2.23. The molecular weight excluding hydrogens is 258 g/mol. The van der Waals surface area contributed by atoms with E-state index in [1.165, 1.54) is 29.5 Å². The molecule has 2 unspecified atom stereocenters. The molecule has 0 spiro atoms. The van der Waals surface area contributed by atoms with Gasteiger partial charge in [-0.2, -0.15) is 0 Å². The third-order valence-corrected chi connectivity index (χ3v) is 4.75. The molecule has 0 bridgehead atoms. The van der Waals surface area contributed by atoms with Gasteiger partial charge >= 0.3 is 0 Å². The minimum Gasteiger partial charge on any atom is -0.508 e. The zero-order chi connectivity index (χ0) is 14.8. The van der Waals surface area contributed by atoms with Crippen LogP contribution >= 0.6 is 0 Å². The van der Waals surface area contributed by atoms with Crippen molar-refractivity contribution in [3.8, 4) is 5.75 Å². The second kappa shape index (κ2) is 5.90. The molecule has 0 heterocycles. The molecule has 110 valence electrons. The molecular formula is C19H23NO. The number of hydrogen-bond acceptors (Lipinski definition) is 2. The van der Waals surface area contributed by atoms with Crippen LogP contribution in [0, 0.1) is 0 Å². The summed E-state index contributed by atoms with van der Waals surface area (Å²) in [5, 5.41) is 9.48. The quantitative estimate of drug-likeness (QED) is 0.894. The van der Waals surface area contributed by atoms with Crippen molar-refractivity contribution in [2.75, 3.05) is 7.05 Å². The molecule has 21 heavy (non-hydrogen) atoms. The molecule has 0 amide bonds. The zero-order valence-electron chi connectivity index (χ0n) is 12.8. The summed E-state index contributed by atoms with van der Waals surface area (Å²) in [7, 11) is 2.23. The van der Waals surface area contributed by atoms with E-state index in [2.05, 4.69) is 43.1 Å². The topological polar surface area (TPSA) is 23.5 Å². The van der Waals surface area contributed by atoms with Crippen LogP contribution in [0.2, 0.25) is 0 Å². The van der Waals surface area contributed by atoms with Crippen LogP contribution in [0.1, 0.15) is 48.5 Å². The fourth-order valence-corrected chi connectivity index (χ4v) is 3.63. The van der Waals surface area contributed by atoms with E-state index in [0.717, 1.165) is 6.42 Å². The number of phenolic OH excluding ortho intramolecular Hbond substituents is 1. The van der Waals surface area contributed by atoms with Crippen molar-refractivity contribution in [1.82, 2.24) is 4.90 Å². The van der Waals surface area contributed by atoms with Crippen molar-refractivity contribution in [2.24, 2.45) is 0 Å². The monoisotopic (exact) mass is 281 g/mol. The Bertz CT molecular complexity index is 605. The highest BCUT2D eigenvalue weighted by atomic mass is 16.3. The van der Waals surface area contributed by atoms with Crippen molar-refractivity contribution < 1.29 is 5.11 Å². The number of nitrogens with zero attached hydrogens (tertiary/aromatic N) is 1. The lowest BCUT2D eigenvalue weighted by Crippen LogP contribution is -2.27. The first-order valence-corrected chi connectivity index (χ1v) is 7.79. The molecule has 3 rings (SSSR count). The molecule has 1 N–H and O–H groups in total. The van der Waals surface area contributed by atoms with Crippen LogP contribution in [0.3, 0.4) is 0 Å². The third kappa shape index (κ3) is 2.68. The Morgan fingerprint density at radius 3 is 2.57 bits per heavy atom. The molecule has 0 fully saturated rings. The van der Waals surface area contributed by atoms with E-state index in [0.29, 0.717) is 17.8 Å². The second-order valence-corrected chi connectivity index (χ2v) is 5.93. The summed E-state index contributed by atoms with van der Waals surface area (Å²) < 4.78 is 0. The molecule has 2 nitrogen and oxygen atoms in total. The van der Waals surface area contributed by atoms with Gasteiger partial charge in [0.15, 0.2) is 0 Å². The Hall–Kier alpha value is -1.80. The molecule has 2 aromatic rings. The van der Waals surface area contributed by atoms with Gasteiger partial charge in [-0.05, 0) is 55.1 Å². The fraction of sp³-hybridized carbons (Fsp3) is 0.368. The lowest BCUT2D eigenvalue weighted by Gasteiger charge is -2.33. The van der Waals surface area contributed by atoms with Gasteiger partial charge < -0.3 is 5.11 Å². The predicted octanol–water partition coefficient (Wildman–Crippen LogP) is 4.46. The predicted molar refractivity (Wildman–Crippen MR) is 86.4 cm³/mol. The van der Waals surface area contributed by atoms with Gasteiger partial charge in [-0.1, -0.05) is 43.3 Å². The minimum absolute atomic E-state index is 0.336. The zero-order valence-corrected chi connectivity index (χ0v) is 12.8. The van der Waals surface area contributed by atoms with Crippen molar-refractivity contribution in [2.45, 2.75) is 38.3 Å². The number of aromatic hydroxyl groups is 1. The first-order chi connectivity index (χ1) is 10.2. The molecule has 0 aromatic heterocycles. The summed E-state index contributed by atoms with van der Waals surface area (Å²) in [5.74, 6) is 0.336. The molecule has 0 saturated heterocycles. The number of fused-ring (bicyclic) bond motifs is 1. The summed E-state index contributed by atoms with van der Waals surface area (Å²) in [5.41, 5.74) is 4.26. The van der Waals surface area contributed by atoms with E-state index in [4.69, 9.17) is 0 Å². The smallest absolute Gasteiger partial charge is 0.115 e. The maximum atomic E-state index is 9.48. The Kier molecular flexibility index (Phi) is 3.98. The first-order valence-electron chi connectivity index (χ1n) is 7.79. The van der Waals surface area contributed by atoms with Crippen molar-refractivity contribution >= 4 is 0 Å². The highest BCUT2D eigenvalue weighted by Gasteiger charge is 2.29.